The molecule has 31 heavy (non-hydrogen) atoms. The second kappa shape index (κ2) is 8.72. The average Bonchev–Trinajstić information content (AvgIpc) is 2.73. The summed E-state index contributed by atoms with van der Waals surface area (Å²) in [5, 5.41) is 15.9. The Morgan fingerprint density at radius 1 is 1.32 bits per heavy atom. The Balaban J connectivity index is 1.49. The molecule has 0 aromatic rings. The van der Waals surface area contributed by atoms with Crippen molar-refractivity contribution in [2.45, 2.75) is 51.4 Å². The molecule has 8 heteroatoms. The fourth-order valence-corrected chi connectivity index (χ4v) is 4.49. The van der Waals surface area contributed by atoms with Crippen molar-refractivity contribution in [3.8, 4) is 0 Å². The molecule has 2 heterocycles. The van der Waals surface area contributed by atoms with Crippen molar-refractivity contribution in [1.29, 1.82) is 0 Å². The van der Waals surface area contributed by atoms with Crippen LogP contribution in [0, 0.1) is 11.8 Å². The van der Waals surface area contributed by atoms with Gasteiger partial charge in [0.25, 0.3) is 0 Å². The van der Waals surface area contributed by atoms with Gasteiger partial charge in [-0.3, -0.25) is 34.9 Å². The number of nitrogens with zero attached hydrogens (tertiary/aromatic N) is 2. The summed E-state index contributed by atoms with van der Waals surface area (Å²) in [7, 11) is 0. The number of imide groups is 1. The van der Waals surface area contributed by atoms with Crippen LogP contribution in [0.25, 0.3) is 0 Å². The minimum absolute atomic E-state index is 0.194. The third-order valence-corrected chi connectivity index (χ3v) is 6.23. The lowest BCUT2D eigenvalue weighted by Gasteiger charge is -2.41. The van der Waals surface area contributed by atoms with Crippen molar-refractivity contribution in [2.75, 3.05) is 6.54 Å². The molecule has 4 rings (SSSR count). The maximum Gasteiger partial charge on any atom is 0.249 e. The predicted molar refractivity (Wildman–Crippen MR) is 116 cm³/mol. The average molecular weight is 425 g/mol. The molecule has 8 nitrogen and oxygen atoms in total. The molecule has 3 N–H and O–H groups in total. The number of nitrogens with one attached hydrogen (secondary N) is 2. The summed E-state index contributed by atoms with van der Waals surface area (Å²) in [6, 6.07) is -1.08. The number of carbonyl (C=O) groups is 3. The van der Waals surface area contributed by atoms with Gasteiger partial charge in [-0.25, -0.2) is 0 Å². The van der Waals surface area contributed by atoms with Crippen LogP contribution in [-0.2, 0) is 14.4 Å². The zero-order chi connectivity index (χ0) is 22.1. The number of allylic oxidation sites excluding steroid dienone is 4. The molecule has 4 aliphatic rings. The lowest BCUT2D eigenvalue weighted by molar-refractivity contribution is -0.144. The van der Waals surface area contributed by atoms with E-state index in [1.165, 1.54) is 4.90 Å². The Kier molecular flexibility index (Phi) is 6.02. The minimum Gasteiger partial charge on any atom is -0.374 e. The minimum atomic E-state index is -0.829. The predicted octanol–water partition coefficient (Wildman–Crippen LogP) is 0.964. The van der Waals surface area contributed by atoms with Gasteiger partial charge in [0, 0.05) is 13.0 Å². The van der Waals surface area contributed by atoms with Crippen LogP contribution in [0.15, 0.2) is 52.6 Å². The molecule has 5 atom stereocenters. The number of hydrogen-bond donors (Lipinski definition) is 3. The Morgan fingerprint density at radius 2 is 2.13 bits per heavy atom. The van der Waals surface area contributed by atoms with Crippen LogP contribution in [0.3, 0.4) is 0 Å². The molecule has 5 unspecified atom stereocenters. The van der Waals surface area contributed by atoms with E-state index in [1.54, 1.807) is 6.92 Å². The first-order valence-corrected chi connectivity index (χ1v) is 10.7. The Bertz CT molecular complexity index is 945. The summed E-state index contributed by atoms with van der Waals surface area (Å²) in [6.07, 6.45) is 12.2. The van der Waals surface area contributed by atoms with Gasteiger partial charge in [0.1, 0.15) is 18.1 Å². The SMILES string of the molecule is CC1=NC2C=CC=C(CNC(O)C3=CCC(C)C=C3)C2C(=O)N1C1CCC(=O)NC1=O. The quantitative estimate of drug-likeness (QED) is 0.450. The number of amides is 3. The van der Waals surface area contributed by atoms with Gasteiger partial charge in [-0.05, 0) is 36.8 Å². The zero-order valence-corrected chi connectivity index (χ0v) is 17.7. The lowest BCUT2D eigenvalue weighted by atomic mass is 9.84. The van der Waals surface area contributed by atoms with Crippen molar-refractivity contribution >= 4 is 23.6 Å². The topological polar surface area (TPSA) is 111 Å². The maximum atomic E-state index is 13.5. The van der Waals surface area contributed by atoms with Gasteiger partial charge in [0.2, 0.25) is 17.7 Å². The van der Waals surface area contributed by atoms with Gasteiger partial charge in [0.05, 0.1) is 12.0 Å². The second-order valence-electron chi connectivity index (χ2n) is 8.51. The highest BCUT2D eigenvalue weighted by Crippen LogP contribution is 2.31. The van der Waals surface area contributed by atoms with Gasteiger partial charge >= 0.3 is 0 Å². The van der Waals surface area contributed by atoms with Crippen LogP contribution in [0.1, 0.15) is 33.1 Å². The Morgan fingerprint density at radius 3 is 2.84 bits per heavy atom. The summed E-state index contributed by atoms with van der Waals surface area (Å²) in [4.78, 5) is 43.5. The normalized spacial score (nSPS) is 31.5. The number of aliphatic hydroxyl groups is 1. The van der Waals surface area contributed by atoms with E-state index in [1.807, 2.05) is 30.4 Å². The third kappa shape index (κ3) is 4.31. The van der Waals surface area contributed by atoms with Crippen molar-refractivity contribution < 1.29 is 19.5 Å². The van der Waals surface area contributed by atoms with Crippen LogP contribution in [0.4, 0.5) is 0 Å². The van der Waals surface area contributed by atoms with Crippen molar-refractivity contribution in [3.63, 3.8) is 0 Å². The zero-order valence-electron chi connectivity index (χ0n) is 17.7. The molecule has 0 spiro atoms. The molecule has 0 radical (unpaired) electrons. The number of carbonyl (C=O) groups excluding carboxylic acids is 3. The molecule has 164 valence electrons. The molecular formula is C23H28N4O4. The van der Waals surface area contributed by atoms with Gasteiger partial charge in [-0.2, -0.15) is 0 Å². The first-order chi connectivity index (χ1) is 14.8. The highest BCUT2D eigenvalue weighted by atomic mass is 16.3. The highest BCUT2D eigenvalue weighted by Gasteiger charge is 2.44. The largest absolute Gasteiger partial charge is 0.374 e. The van der Waals surface area contributed by atoms with E-state index < -0.39 is 24.1 Å². The van der Waals surface area contributed by atoms with Crippen LogP contribution < -0.4 is 10.6 Å². The maximum absolute atomic E-state index is 13.5. The number of piperidine rings is 1. The standard InChI is InChI=1S/C23H28N4O4/c1-13-6-8-15(9-7-13)21(29)24-12-16-4-3-5-17-20(16)23(31)27(14(2)25-17)18-10-11-19(28)26-22(18)30/h3-6,8-9,13,17-18,20-21,24,29H,7,10-12H2,1-2H3,(H,26,28,30). The molecule has 1 fully saturated rings. The second-order valence-corrected chi connectivity index (χ2v) is 8.51. The number of rotatable bonds is 5. The van der Waals surface area contributed by atoms with Crippen molar-refractivity contribution in [2.24, 2.45) is 16.8 Å². The molecule has 0 aromatic carbocycles. The number of fused-ring (bicyclic) bond motifs is 1. The first kappa shape index (κ1) is 21.4. The third-order valence-electron chi connectivity index (χ3n) is 6.23. The van der Waals surface area contributed by atoms with E-state index >= 15 is 0 Å². The monoisotopic (exact) mass is 424 g/mol. The molecule has 2 aliphatic heterocycles. The van der Waals surface area contributed by atoms with E-state index in [9.17, 15) is 19.5 Å². The van der Waals surface area contributed by atoms with Crippen LogP contribution in [-0.4, -0.2) is 58.4 Å². The van der Waals surface area contributed by atoms with E-state index in [0.29, 0.717) is 18.3 Å². The summed E-state index contributed by atoms with van der Waals surface area (Å²) >= 11 is 0. The van der Waals surface area contributed by atoms with E-state index in [4.69, 9.17) is 0 Å². The van der Waals surface area contributed by atoms with Crippen molar-refractivity contribution in [1.82, 2.24) is 15.5 Å². The summed E-state index contributed by atoms with van der Waals surface area (Å²) < 4.78 is 0. The number of aliphatic imine (C=N–C) groups is 1. The van der Waals surface area contributed by atoms with E-state index in [-0.39, 0.29) is 30.7 Å². The lowest BCUT2D eigenvalue weighted by Crippen LogP contribution is -2.60. The Hall–Kier alpha value is -2.84. The smallest absolute Gasteiger partial charge is 0.249 e. The molecule has 0 aromatic heterocycles. The van der Waals surface area contributed by atoms with Crippen LogP contribution >= 0.6 is 0 Å². The molecule has 3 amide bonds. The Labute approximate surface area is 181 Å². The molecule has 0 bridgehead atoms. The fourth-order valence-electron chi connectivity index (χ4n) is 4.49. The molecular weight excluding hydrogens is 396 g/mol. The summed E-state index contributed by atoms with van der Waals surface area (Å²) in [5.74, 6) is -0.598. The van der Waals surface area contributed by atoms with Gasteiger partial charge in [-0.1, -0.05) is 43.4 Å². The summed E-state index contributed by atoms with van der Waals surface area (Å²) in [6.45, 7) is 4.15. The first-order valence-electron chi connectivity index (χ1n) is 10.7. The number of amidine groups is 1. The fraction of sp³-hybridized carbons (Fsp3) is 0.478. The molecule has 2 aliphatic carbocycles. The van der Waals surface area contributed by atoms with Gasteiger partial charge in [-0.15, -0.1) is 0 Å². The van der Waals surface area contributed by atoms with Crippen molar-refractivity contribution in [3.05, 3.63) is 47.6 Å². The van der Waals surface area contributed by atoms with Gasteiger partial charge < -0.3 is 5.11 Å². The number of hydrogen-bond acceptors (Lipinski definition) is 6. The summed E-state index contributed by atoms with van der Waals surface area (Å²) in [5.41, 5.74) is 1.62. The number of aliphatic hydroxyl groups excluding tert-OH is 1. The molecule has 1 saturated heterocycles. The van der Waals surface area contributed by atoms with Crippen LogP contribution in [0.5, 0.6) is 0 Å². The van der Waals surface area contributed by atoms with Gasteiger partial charge in [0.15, 0.2) is 0 Å². The highest BCUT2D eigenvalue weighted by molar-refractivity contribution is 6.08. The van der Waals surface area contributed by atoms with E-state index in [0.717, 1.165) is 17.6 Å². The van der Waals surface area contributed by atoms with E-state index in [2.05, 4.69) is 28.6 Å². The molecule has 0 saturated carbocycles. The van der Waals surface area contributed by atoms with Crippen LogP contribution in [0.2, 0.25) is 0 Å².